The van der Waals surface area contributed by atoms with Gasteiger partial charge in [0.25, 0.3) is 0 Å². The zero-order valence-corrected chi connectivity index (χ0v) is 14.3. The fraction of sp³-hybridized carbons (Fsp3) is 0.353. The van der Waals surface area contributed by atoms with Gasteiger partial charge in [0, 0.05) is 25.5 Å². The molecular weight excluding hydrogens is 334 g/mol. The van der Waals surface area contributed by atoms with Crippen LogP contribution in [0.3, 0.4) is 0 Å². The fourth-order valence-corrected chi connectivity index (χ4v) is 3.28. The minimum Gasteiger partial charge on any atom is -0.476 e. The third-order valence-electron chi connectivity index (χ3n) is 4.68. The Labute approximate surface area is 149 Å². The summed E-state index contributed by atoms with van der Waals surface area (Å²) in [6, 6.07) is 8.06. The zero-order valence-electron chi connectivity index (χ0n) is 14.3. The maximum absolute atomic E-state index is 11.0. The van der Waals surface area contributed by atoms with Crippen LogP contribution < -0.4 is 10.2 Å². The van der Waals surface area contributed by atoms with E-state index in [1.807, 2.05) is 31.3 Å². The van der Waals surface area contributed by atoms with Crippen LogP contribution in [0.25, 0.3) is 10.9 Å². The second kappa shape index (κ2) is 6.58. The first-order chi connectivity index (χ1) is 12.7. The molecule has 1 aromatic carbocycles. The number of carboxylic acids is 1. The lowest BCUT2D eigenvalue weighted by Gasteiger charge is -2.32. The van der Waals surface area contributed by atoms with Crippen LogP contribution >= 0.6 is 0 Å². The third kappa shape index (κ3) is 2.92. The zero-order chi connectivity index (χ0) is 18.1. The number of benzene rings is 1. The van der Waals surface area contributed by atoms with Crippen LogP contribution in [0.4, 0.5) is 11.8 Å². The predicted octanol–water partition coefficient (Wildman–Crippen LogP) is 1.80. The van der Waals surface area contributed by atoms with E-state index in [1.54, 1.807) is 4.68 Å². The van der Waals surface area contributed by atoms with Crippen LogP contribution in [0.15, 0.2) is 30.5 Å². The van der Waals surface area contributed by atoms with Gasteiger partial charge in [0.15, 0.2) is 5.69 Å². The number of carbonyl (C=O) groups is 1. The number of fused-ring (bicyclic) bond motifs is 1. The summed E-state index contributed by atoms with van der Waals surface area (Å²) in [6.07, 6.45) is 3.15. The van der Waals surface area contributed by atoms with Gasteiger partial charge in [0.05, 0.1) is 17.8 Å². The molecule has 1 aliphatic rings. The van der Waals surface area contributed by atoms with Crippen molar-refractivity contribution in [3.63, 3.8) is 0 Å². The van der Waals surface area contributed by atoms with E-state index in [4.69, 9.17) is 10.1 Å². The van der Waals surface area contributed by atoms with Crippen LogP contribution in [0.2, 0.25) is 0 Å². The summed E-state index contributed by atoms with van der Waals surface area (Å²) in [6.45, 7) is 1.54. The van der Waals surface area contributed by atoms with E-state index < -0.39 is 5.97 Å². The van der Waals surface area contributed by atoms with E-state index in [2.05, 4.69) is 25.5 Å². The fourth-order valence-electron chi connectivity index (χ4n) is 3.28. The van der Waals surface area contributed by atoms with Crippen molar-refractivity contribution in [2.24, 2.45) is 0 Å². The standard InChI is InChI=1S/C17H19N7O2/c1-18-15-12-4-2-3-5-13(12)19-17(20-15)23-8-6-11(7-9-23)24-10-14(16(25)26)21-22-24/h2-5,10-11H,6-9H2,1H3,(H,25,26)(H,18,19,20). The molecule has 1 fully saturated rings. The molecule has 0 bridgehead atoms. The number of nitrogens with zero attached hydrogens (tertiary/aromatic N) is 6. The summed E-state index contributed by atoms with van der Waals surface area (Å²) in [5.41, 5.74) is 0.885. The number of anilines is 2. The SMILES string of the molecule is CNc1nc(N2CCC(n3cc(C(=O)O)nn3)CC2)nc2ccccc12. The second-order valence-electron chi connectivity index (χ2n) is 6.25. The summed E-state index contributed by atoms with van der Waals surface area (Å²) >= 11 is 0. The average molecular weight is 353 g/mol. The van der Waals surface area contributed by atoms with E-state index in [0.717, 1.165) is 42.7 Å². The molecule has 0 saturated carbocycles. The summed E-state index contributed by atoms with van der Waals surface area (Å²) in [5.74, 6) is 0.462. The third-order valence-corrected chi connectivity index (χ3v) is 4.68. The minimum absolute atomic E-state index is 0.0241. The first-order valence-corrected chi connectivity index (χ1v) is 8.50. The minimum atomic E-state index is -1.06. The van der Waals surface area contributed by atoms with Crippen molar-refractivity contribution in [3.05, 3.63) is 36.2 Å². The number of para-hydroxylation sites is 1. The molecule has 0 atom stereocenters. The highest BCUT2D eigenvalue weighted by molar-refractivity contribution is 5.90. The summed E-state index contributed by atoms with van der Waals surface area (Å²) in [7, 11) is 1.86. The predicted molar refractivity (Wildman–Crippen MR) is 96.6 cm³/mol. The van der Waals surface area contributed by atoms with Crippen molar-refractivity contribution in [1.29, 1.82) is 0 Å². The van der Waals surface area contributed by atoms with Crippen LogP contribution in [0.5, 0.6) is 0 Å². The van der Waals surface area contributed by atoms with Crippen molar-refractivity contribution < 1.29 is 9.90 Å². The van der Waals surface area contributed by atoms with Crippen molar-refractivity contribution in [3.8, 4) is 0 Å². The van der Waals surface area contributed by atoms with E-state index in [-0.39, 0.29) is 11.7 Å². The molecule has 2 N–H and O–H groups in total. The van der Waals surface area contributed by atoms with E-state index in [0.29, 0.717) is 5.95 Å². The van der Waals surface area contributed by atoms with Crippen LogP contribution in [-0.4, -0.2) is 56.2 Å². The highest BCUT2D eigenvalue weighted by atomic mass is 16.4. The molecule has 3 heterocycles. The van der Waals surface area contributed by atoms with Gasteiger partial charge in [-0.1, -0.05) is 17.3 Å². The molecule has 0 unspecified atom stereocenters. The lowest BCUT2D eigenvalue weighted by Crippen LogP contribution is -2.36. The molecule has 1 aliphatic heterocycles. The Kier molecular flexibility index (Phi) is 4.11. The molecule has 134 valence electrons. The monoisotopic (exact) mass is 353 g/mol. The van der Waals surface area contributed by atoms with Gasteiger partial charge in [0.1, 0.15) is 5.82 Å². The lowest BCUT2D eigenvalue weighted by molar-refractivity contribution is 0.0690. The molecule has 0 spiro atoms. The molecule has 4 rings (SSSR count). The van der Waals surface area contributed by atoms with Gasteiger partial charge in [-0.2, -0.15) is 4.98 Å². The maximum atomic E-state index is 11.0. The Morgan fingerprint density at radius 2 is 2.00 bits per heavy atom. The number of nitrogens with one attached hydrogen (secondary N) is 1. The summed E-state index contributed by atoms with van der Waals surface area (Å²) < 4.78 is 1.65. The molecule has 9 nitrogen and oxygen atoms in total. The van der Waals surface area contributed by atoms with Crippen molar-refractivity contribution in [2.75, 3.05) is 30.4 Å². The van der Waals surface area contributed by atoms with Crippen molar-refractivity contribution >= 4 is 28.6 Å². The maximum Gasteiger partial charge on any atom is 0.358 e. The molecule has 0 aliphatic carbocycles. The van der Waals surface area contributed by atoms with Gasteiger partial charge in [-0.25, -0.2) is 14.5 Å². The Balaban J connectivity index is 1.52. The van der Waals surface area contributed by atoms with E-state index in [9.17, 15) is 4.79 Å². The van der Waals surface area contributed by atoms with E-state index >= 15 is 0 Å². The summed E-state index contributed by atoms with van der Waals surface area (Å²) in [5, 5.41) is 20.8. The number of rotatable bonds is 4. The Morgan fingerprint density at radius 3 is 2.69 bits per heavy atom. The number of aromatic nitrogens is 5. The molecule has 1 saturated heterocycles. The average Bonchev–Trinajstić information content (AvgIpc) is 3.18. The Bertz CT molecular complexity index is 947. The number of hydrogen-bond acceptors (Lipinski definition) is 7. The summed E-state index contributed by atoms with van der Waals surface area (Å²) in [4.78, 5) is 22.5. The quantitative estimate of drug-likeness (QED) is 0.731. The van der Waals surface area contributed by atoms with Crippen molar-refractivity contribution in [2.45, 2.75) is 18.9 Å². The van der Waals surface area contributed by atoms with E-state index in [1.165, 1.54) is 6.20 Å². The van der Waals surface area contributed by atoms with Gasteiger partial charge in [0.2, 0.25) is 5.95 Å². The number of hydrogen-bond donors (Lipinski definition) is 2. The topological polar surface area (TPSA) is 109 Å². The van der Waals surface area contributed by atoms with Gasteiger partial charge in [-0.05, 0) is 25.0 Å². The first kappa shape index (κ1) is 16.2. The van der Waals surface area contributed by atoms with Crippen molar-refractivity contribution in [1.82, 2.24) is 25.0 Å². The van der Waals surface area contributed by atoms with Crippen LogP contribution in [0.1, 0.15) is 29.4 Å². The molecule has 9 heteroatoms. The van der Waals surface area contributed by atoms with Gasteiger partial charge < -0.3 is 15.3 Å². The van der Waals surface area contributed by atoms with Crippen LogP contribution in [0, 0.1) is 0 Å². The first-order valence-electron chi connectivity index (χ1n) is 8.50. The highest BCUT2D eigenvalue weighted by Gasteiger charge is 2.24. The normalized spacial score (nSPS) is 15.3. The van der Waals surface area contributed by atoms with Crippen LogP contribution in [-0.2, 0) is 0 Å². The Hall–Kier alpha value is -3.23. The molecule has 26 heavy (non-hydrogen) atoms. The molecular formula is C17H19N7O2. The smallest absolute Gasteiger partial charge is 0.358 e. The largest absolute Gasteiger partial charge is 0.476 e. The lowest BCUT2D eigenvalue weighted by atomic mass is 10.1. The van der Waals surface area contributed by atoms with Gasteiger partial charge >= 0.3 is 5.97 Å². The second-order valence-corrected chi connectivity index (χ2v) is 6.25. The molecule has 3 aromatic rings. The van der Waals surface area contributed by atoms with Gasteiger partial charge in [-0.3, -0.25) is 0 Å². The van der Waals surface area contributed by atoms with Gasteiger partial charge in [-0.15, -0.1) is 5.10 Å². The number of piperidine rings is 1. The Morgan fingerprint density at radius 1 is 1.23 bits per heavy atom. The number of carboxylic acid groups (broad SMARTS) is 1. The number of aromatic carboxylic acids is 1. The molecule has 2 aromatic heterocycles. The molecule has 0 amide bonds. The molecule has 0 radical (unpaired) electrons. The highest BCUT2D eigenvalue weighted by Crippen LogP contribution is 2.27.